The molecule has 0 saturated heterocycles. The van der Waals surface area contributed by atoms with Gasteiger partial charge in [0.25, 0.3) is 0 Å². The number of hydrogen-bond acceptors (Lipinski definition) is 4. The van der Waals surface area contributed by atoms with Gasteiger partial charge in [0.05, 0.1) is 22.1 Å². The molecule has 0 amide bonds. The molecule has 0 aromatic carbocycles. The van der Waals surface area contributed by atoms with Gasteiger partial charge in [-0.3, -0.25) is 15.2 Å². The summed E-state index contributed by atoms with van der Waals surface area (Å²) in [5.74, 6) is 5.66. The molecule has 0 aliphatic rings. The lowest BCUT2D eigenvalue weighted by Gasteiger charge is -2.18. The average molecular weight is 299 g/mol. The molecular weight excluding hydrogens is 284 g/mol. The minimum absolute atomic E-state index is 0.140. The van der Waals surface area contributed by atoms with Crippen LogP contribution in [0.25, 0.3) is 0 Å². The molecule has 1 unspecified atom stereocenters. The predicted octanol–water partition coefficient (Wildman–Crippen LogP) is 0.952. The Morgan fingerprint density at radius 3 is 2.82 bits per heavy atom. The van der Waals surface area contributed by atoms with Crippen LogP contribution < -0.4 is 11.3 Å². The van der Waals surface area contributed by atoms with Gasteiger partial charge >= 0.3 is 0 Å². The molecule has 92 valence electrons. The van der Waals surface area contributed by atoms with Crippen molar-refractivity contribution >= 4 is 15.9 Å². The minimum Gasteiger partial charge on any atom is -0.271 e. The zero-order valence-corrected chi connectivity index (χ0v) is 11.3. The molecular formula is C10H15BrN6. The van der Waals surface area contributed by atoms with Crippen molar-refractivity contribution in [3.05, 3.63) is 34.3 Å². The number of nitrogens with two attached hydrogens (primary N) is 1. The van der Waals surface area contributed by atoms with Gasteiger partial charge in [0.15, 0.2) is 0 Å². The molecule has 3 N–H and O–H groups in total. The smallest absolute Gasteiger partial charge is 0.106 e. The lowest BCUT2D eigenvalue weighted by molar-refractivity contribution is 0.514. The van der Waals surface area contributed by atoms with Crippen LogP contribution in [0.1, 0.15) is 24.4 Å². The number of aromatic nitrogens is 4. The normalized spacial score (nSPS) is 12.9. The second-order valence-electron chi connectivity index (χ2n) is 3.67. The Balaban J connectivity index is 2.49. The quantitative estimate of drug-likeness (QED) is 0.651. The number of nitrogens with one attached hydrogen (secondary N) is 1. The Hall–Kier alpha value is -1.18. The first-order valence-corrected chi connectivity index (χ1v) is 6.13. The first-order valence-electron chi connectivity index (χ1n) is 5.34. The van der Waals surface area contributed by atoms with E-state index in [0.29, 0.717) is 0 Å². The highest BCUT2D eigenvalue weighted by atomic mass is 79.9. The second-order valence-corrected chi connectivity index (χ2v) is 4.53. The lowest BCUT2D eigenvalue weighted by atomic mass is 10.1. The van der Waals surface area contributed by atoms with E-state index in [-0.39, 0.29) is 6.04 Å². The highest BCUT2D eigenvalue weighted by Gasteiger charge is 2.22. The summed E-state index contributed by atoms with van der Waals surface area (Å²) >= 11 is 3.50. The van der Waals surface area contributed by atoms with Crippen molar-refractivity contribution in [1.82, 2.24) is 25.0 Å². The fourth-order valence-electron chi connectivity index (χ4n) is 1.88. The van der Waals surface area contributed by atoms with E-state index in [9.17, 15) is 0 Å². The van der Waals surface area contributed by atoms with Crippen molar-refractivity contribution in [1.29, 1.82) is 0 Å². The van der Waals surface area contributed by atoms with Crippen LogP contribution in [-0.2, 0) is 13.6 Å². The zero-order chi connectivity index (χ0) is 12.4. The molecule has 17 heavy (non-hydrogen) atoms. The number of hydrazine groups is 1. The summed E-state index contributed by atoms with van der Waals surface area (Å²) in [6.45, 7) is 2.83. The van der Waals surface area contributed by atoms with Crippen LogP contribution in [0.2, 0.25) is 0 Å². The van der Waals surface area contributed by atoms with E-state index < -0.39 is 0 Å². The van der Waals surface area contributed by atoms with Gasteiger partial charge in [-0.1, -0.05) is 0 Å². The Kier molecular flexibility index (Phi) is 3.60. The van der Waals surface area contributed by atoms with Crippen LogP contribution in [0, 0.1) is 0 Å². The van der Waals surface area contributed by atoms with Crippen LogP contribution in [-0.4, -0.2) is 19.6 Å². The maximum atomic E-state index is 5.66. The molecule has 0 radical (unpaired) electrons. The third-order valence-corrected chi connectivity index (χ3v) is 3.34. The van der Waals surface area contributed by atoms with Gasteiger partial charge in [0, 0.05) is 19.8 Å². The van der Waals surface area contributed by atoms with Crippen molar-refractivity contribution < 1.29 is 0 Å². The predicted molar refractivity (Wildman–Crippen MR) is 68.0 cm³/mol. The largest absolute Gasteiger partial charge is 0.271 e. The molecule has 2 heterocycles. The minimum atomic E-state index is -0.140. The van der Waals surface area contributed by atoms with Crippen LogP contribution >= 0.6 is 15.9 Å². The highest BCUT2D eigenvalue weighted by molar-refractivity contribution is 9.10. The molecule has 0 bridgehead atoms. The molecule has 6 nitrogen and oxygen atoms in total. The maximum Gasteiger partial charge on any atom is 0.106 e. The third kappa shape index (κ3) is 2.13. The summed E-state index contributed by atoms with van der Waals surface area (Å²) in [6, 6.07) is 1.79. The standard InChI is InChI=1S/C10H15BrN6/c1-3-17-10(7(11)6-14-17)9(15-12)8-4-5-13-16(8)2/h4-6,9,15H,3,12H2,1-2H3. The number of halogens is 1. The summed E-state index contributed by atoms with van der Waals surface area (Å²) in [4.78, 5) is 0. The van der Waals surface area contributed by atoms with Gasteiger partial charge in [-0.05, 0) is 28.9 Å². The van der Waals surface area contributed by atoms with Crippen molar-refractivity contribution in [2.24, 2.45) is 12.9 Å². The van der Waals surface area contributed by atoms with E-state index in [1.54, 1.807) is 17.1 Å². The Bertz CT molecular complexity index is 503. The molecule has 0 aliphatic carbocycles. The second kappa shape index (κ2) is 4.99. The van der Waals surface area contributed by atoms with E-state index in [0.717, 1.165) is 22.4 Å². The van der Waals surface area contributed by atoms with Crippen LogP contribution in [0.3, 0.4) is 0 Å². The Morgan fingerprint density at radius 2 is 2.29 bits per heavy atom. The summed E-state index contributed by atoms with van der Waals surface area (Å²) in [7, 11) is 1.89. The average Bonchev–Trinajstić information content (AvgIpc) is 2.89. The highest BCUT2D eigenvalue weighted by Crippen LogP contribution is 2.27. The van der Waals surface area contributed by atoms with E-state index in [1.165, 1.54) is 0 Å². The number of rotatable bonds is 4. The van der Waals surface area contributed by atoms with Crippen molar-refractivity contribution in [3.63, 3.8) is 0 Å². The molecule has 2 aromatic heterocycles. The zero-order valence-electron chi connectivity index (χ0n) is 9.76. The monoisotopic (exact) mass is 298 g/mol. The molecule has 0 fully saturated rings. The van der Waals surface area contributed by atoms with E-state index in [2.05, 4.69) is 31.6 Å². The molecule has 2 aromatic rings. The first kappa shape index (κ1) is 12.3. The number of nitrogens with zero attached hydrogens (tertiary/aromatic N) is 4. The summed E-state index contributed by atoms with van der Waals surface area (Å²) in [6.07, 6.45) is 3.53. The summed E-state index contributed by atoms with van der Waals surface area (Å²) in [5, 5.41) is 8.44. The van der Waals surface area contributed by atoms with Gasteiger partial charge in [-0.25, -0.2) is 5.43 Å². The van der Waals surface area contributed by atoms with Gasteiger partial charge in [-0.15, -0.1) is 0 Å². The fraction of sp³-hybridized carbons (Fsp3) is 0.400. The van der Waals surface area contributed by atoms with E-state index in [1.807, 2.05) is 24.7 Å². The molecule has 0 saturated carbocycles. The molecule has 2 rings (SSSR count). The summed E-state index contributed by atoms with van der Waals surface area (Å²) in [5.41, 5.74) is 4.80. The Labute approximate surface area is 108 Å². The Morgan fingerprint density at radius 1 is 1.53 bits per heavy atom. The maximum absolute atomic E-state index is 5.66. The van der Waals surface area contributed by atoms with Crippen molar-refractivity contribution in [2.45, 2.75) is 19.5 Å². The topological polar surface area (TPSA) is 73.7 Å². The molecule has 7 heteroatoms. The molecule has 1 atom stereocenters. The van der Waals surface area contributed by atoms with Crippen molar-refractivity contribution in [2.75, 3.05) is 0 Å². The number of aryl methyl sites for hydroxylation is 2. The van der Waals surface area contributed by atoms with E-state index in [4.69, 9.17) is 5.84 Å². The van der Waals surface area contributed by atoms with Gasteiger partial charge in [-0.2, -0.15) is 10.2 Å². The molecule has 0 spiro atoms. The summed E-state index contributed by atoms with van der Waals surface area (Å²) < 4.78 is 4.63. The third-order valence-electron chi connectivity index (χ3n) is 2.73. The van der Waals surface area contributed by atoms with Gasteiger partial charge < -0.3 is 0 Å². The first-order chi connectivity index (χ1) is 8.19. The molecule has 0 aliphatic heterocycles. The fourth-order valence-corrected chi connectivity index (χ4v) is 2.41. The SMILES string of the molecule is CCn1ncc(Br)c1C(NN)c1ccnn1C. The van der Waals surface area contributed by atoms with E-state index >= 15 is 0 Å². The van der Waals surface area contributed by atoms with Gasteiger partial charge in [0.1, 0.15) is 6.04 Å². The van der Waals surface area contributed by atoms with Crippen molar-refractivity contribution in [3.8, 4) is 0 Å². The van der Waals surface area contributed by atoms with Gasteiger partial charge in [0.2, 0.25) is 0 Å². The van der Waals surface area contributed by atoms with Crippen LogP contribution in [0.5, 0.6) is 0 Å². The van der Waals surface area contributed by atoms with Crippen LogP contribution in [0.15, 0.2) is 22.9 Å². The number of hydrogen-bond donors (Lipinski definition) is 2. The lowest BCUT2D eigenvalue weighted by Crippen LogP contribution is -2.32. The van der Waals surface area contributed by atoms with Crippen LogP contribution in [0.4, 0.5) is 0 Å².